The maximum Gasteiger partial charge on any atom is 0.269 e. The number of allylic oxidation sites excluding steroid dienone is 2. The summed E-state index contributed by atoms with van der Waals surface area (Å²) in [5, 5.41) is 3.59. The Morgan fingerprint density at radius 1 is 0.891 bits per heavy atom. The number of ketones is 1. The normalized spacial score (nSPS) is 25.9. The SMILES string of the molecule is CC(CCC(=O)NNC(=O)c1ccncc1)SSc1ccccc1CC(=O)N1CC2C3CCC(C(=O)Nc4cc(C(C)(C)C)ccc4C(C)(C)C)[C@@]3(C)CCC2[C@@]2(C)CCC(=O)C=C12. The fraction of sp³-hybridized carbons (Fsp3) is 0.538. The van der Waals surface area contributed by atoms with E-state index >= 15 is 0 Å². The highest BCUT2D eigenvalue weighted by molar-refractivity contribution is 8.77. The fourth-order valence-corrected chi connectivity index (χ4v) is 13.7. The van der Waals surface area contributed by atoms with Gasteiger partial charge in [0.05, 0.1) is 6.42 Å². The van der Waals surface area contributed by atoms with Crippen molar-refractivity contribution >= 4 is 56.7 Å². The van der Waals surface area contributed by atoms with Gasteiger partial charge in [-0.3, -0.25) is 39.8 Å². The molecule has 1 aliphatic heterocycles. The van der Waals surface area contributed by atoms with Crippen LogP contribution in [0.5, 0.6) is 0 Å². The van der Waals surface area contributed by atoms with Gasteiger partial charge in [-0.05, 0) is 113 Å². The predicted molar refractivity (Wildman–Crippen MR) is 257 cm³/mol. The molecule has 7 atom stereocenters. The minimum absolute atomic E-state index is 0.00443. The lowest BCUT2D eigenvalue weighted by molar-refractivity contribution is -0.142. The maximum absolute atomic E-state index is 14.8. The van der Waals surface area contributed by atoms with Crippen molar-refractivity contribution in [2.24, 2.45) is 34.5 Å². The summed E-state index contributed by atoms with van der Waals surface area (Å²) >= 11 is 0. The Morgan fingerprint density at radius 3 is 2.34 bits per heavy atom. The Morgan fingerprint density at radius 2 is 1.62 bits per heavy atom. The second kappa shape index (κ2) is 18.8. The highest BCUT2D eigenvalue weighted by Crippen LogP contribution is 2.65. The number of nitrogens with zero attached hydrogens (tertiary/aromatic N) is 2. The van der Waals surface area contributed by atoms with E-state index < -0.39 is 5.91 Å². The molecule has 4 aliphatic rings. The molecular formula is C52H67N5O5S2. The molecule has 5 unspecified atom stereocenters. The lowest BCUT2D eigenvalue weighted by atomic mass is 9.49. The number of benzene rings is 2. The van der Waals surface area contributed by atoms with E-state index in [1.165, 1.54) is 18.0 Å². The molecule has 0 spiro atoms. The highest BCUT2D eigenvalue weighted by Gasteiger charge is 2.62. The first kappa shape index (κ1) is 47.5. The van der Waals surface area contributed by atoms with Crippen LogP contribution in [-0.2, 0) is 36.4 Å². The first-order valence-electron chi connectivity index (χ1n) is 23.1. The molecule has 64 heavy (non-hydrogen) atoms. The van der Waals surface area contributed by atoms with Gasteiger partial charge in [-0.2, -0.15) is 0 Å². The lowest BCUT2D eigenvalue weighted by Gasteiger charge is -2.60. The summed E-state index contributed by atoms with van der Waals surface area (Å²) in [7, 11) is 3.25. The first-order chi connectivity index (χ1) is 30.2. The minimum Gasteiger partial charge on any atom is -0.326 e. The third-order valence-corrected chi connectivity index (χ3v) is 18.0. The standard InChI is InChI=1S/C52H67N5O5S2/c1-32(14-19-45(59)55-56-47(61)33-22-26-53-27-23-33)63-64-43-13-11-10-12-34(43)28-46(60)57-31-37-38-17-18-41(51(38,8)25-21-39(37)52(9)24-20-36(58)30-44(52)57)48(62)54-42-29-35(49(2,3)4)15-16-40(42)50(5,6)7/h10-13,15-16,22-23,26-27,29-30,32,37-39,41H,14,17-21,24-25,28,31H2,1-9H3,(H,54,62)(H,55,59)(H,56,61)/t32?,37?,38?,39?,41?,51-,52+/m0/s1. The molecule has 4 amide bonds. The molecule has 10 nitrogen and oxygen atoms in total. The van der Waals surface area contributed by atoms with Gasteiger partial charge in [0, 0.05) is 76.3 Å². The third-order valence-electron chi connectivity index (χ3n) is 14.9. The molecular weight excluding hydrogens is 839 g/mol. The van der Waals surface area contributed by atoms with E-state index in [1.54, 1.807) is 39.8 Å². The van der Waals surface area contributed by atoms with Crippen LogP contribution >= 0.6 is 21.6 Å². The fourth-order valence-electron chi connectivity index (χ4n) is 11.2. The summed E-state index contributed by atoms with van der Waals surface area (Å²) in [6.45, 7) is 20.5. The number of anilines is 1. The Balaban J connectivity index is 1.03. The quantitative estimate of drug-likeness (QED) is 0.128. The smallest absolute Gasteiger partial charge is 0.269 e. The average Bonchev–Trinajstić information content (AvgIpc) is 3.61. The minimum atomic E-state index is -0.405. The predicted octanol–water partition coefficient (Wildman–Crippen LogP) is 10.4. The van der Waals surface area contributed by atoms with E-state index in [0.29, 0.717) is 30.9 Å². The molecule has 2 saturated carbocycles. The number of likely N-dealkylation sites (tertiary alicyclic amines) is 1. The van der Waals surface area contributed by atoms with Crippen molar-refractivity contribution in [1.29, 1.82) is 0 Å². The van der Waals surface area contributed by atoms with Crippen LogP contribution in [0.15, 0.2) is 83.7 Å². The van der Waals surface area contributed by atoms with Crippen LogP contribution < -0.4 is 16.2 Å². The van der Waals surface area contributed by atoms with Crippen LogP contribution in [0.25, 0.3) is 0 Å². The van der Waals surface area contributed by atoms with Crippen LogP contribution in [0.2, 0.25) is 0 Å². The summed E-state index contributed by atoms with van der Waals surface area (Å²) in [6, 6.07) is 17.7. The van der Waals surface area contributed by atoms with Crippen molar-refractivity contribution in [3.63, 3.8) is 0 Å². The van der Waals surface area contributed by atoms with E-state index in [9.17, 15) is 24.0 Å². The number of nitrogens with one attached hydrogen (secondary N) is 3. The number of amides is 4. The van der Waals surface area contributed by atoms with Crippen LogP contribution in [0, 0.1) is 34.5 Å². The zero-order valence-corrected chi connectivity index (χ0v) is 40.8. The number of carbonyl (C=O) groups is 5. The monoisotopic (exact) mass is 905 g/mol. The zero-order chi connectivity index (χ0) is 46.2. The van der Waals surface area contributed by atoms with Crippen LogP contribution in [0.4, 0.5) is 5.69 Å². The second-order valence-corrected chi connectivity index (χ2v) is 24.0. The van der Waals surface area contributed by atoms with E-state index in [4.69, 9.17) is 0 Å². The summed E-state index contributed by atoms with van der Waals surface area (Å²) in [4.78, 5) is 74.2. The summed E-state index contributed by atoms with van der Waals surface area (Å²) in [5.74, 6) is 0.183. The molecule has 2 aromatic carbocycles. The highest BCUT2D eigenvalue weighted by atomic mass is 33.1. The topological polar surface area (TPSA) is 138 Å². The Kier molecular flexibility index (Phi) is 14.0. The van der Waals surface area contributed by atoms with Gasteiger partial charge in [-0.1, -0.05) is 114 Å². The molecule has 3 aliphatic carbocycles. The van der Waals surface area contributed by atoms with E-state index in [2.05, 4.69) is 102 Å². The lowest BCUT2D eigenvalue weighted by Crippen LogP contribution is -2.59. The Bertz CT molecular complexity index is 2300. The first-order valence-corrected chi connectivity index (χ1v) is 25.3. The van der Waals surface area contributed by atoms with Crippen LogP contribution in [-0.4, -0.2) is 51.1 Å². The van der Waals surface area contributed by atoms with Gasteiger partial charge >= 0.3 is 0 Å². The maximum atomic E-state index is 14.8. The number of fused-ring (bicyclic) bond motifs is 5. The number of hydrogen-bond acceptors (Lipinski definition) is 8. The van der Waals surface area contributed by atoms with Crippen molar-refractivity contribution in [2.75, 3.05) is 11.9 Å². The molecule has 1 aromatic heterocycles. The summed E-state index contributed by atoms with van der Waals surface area (Å²) < 4.78 is 0. The van der Waals surface area contributed by atoms with Crippen LogP contribution in [0.3, 0.4) is 0 Å². The Labute approximate surface area is 388 Å². The van der Waals surface area contributed by atoms with E-state index in [-0.39, 0.29) is 81.0 Å². The molecule has 1 saturated heterocycles. The van der Waals surface area contributed by atoms with E-state index in [1.807, 2.05) is 29.2 Å². The van der Waals surface area contributed by atoms with Gasteiger partial charge < -0.3 is 10.2 Å². The summed E-state index contributed by atoms with van der Waals surface area (Å²) in [6.07, 6.45) is 10.7. The van der Waals surface area contributed by atoms with Gasteiger partial charge in [0.1, 0.15) is 0 Å². The molecule has 3 aromatic rings. The van der Waals surface area contributed by atoms with Gasteiger partial charge in [0.15, 0.2) is 5.78 Å². The van der Waals surface area contributed by atoms with Gasteiger partial charge in [0.2, 0.25) is 17.7 Å². The van der Waals surface area contributed by atoms with Crippen molar-refractivity contribution in [3.8, 4) is 0 Å². The molecule has 7 rings (SSSR count). The molecule has 2 heterocycles. The van der Waals surface area contributed by atoms with Gasteiger partial charge in [-0.25, -0.2) is 0 Å². The Hall–Kier alpha value is -4.42. The van der Waals surface area contributed by atoms with Gasteiger partial charge in [0.25, 0.3) is 5.91 Å². The van der Waals surface area contributed by atoms with Crippen molar-refractivity contribution in [1.82, 2.24) is 20.7 Å². The number of hydrazine groups is 1. The molecule has 12 heteroatoms. The number of carbonyl (C=O) groups excluding carboxylic acids is 5. The van der Waals surface area contributed by atoms with E-state index in [0.717, 1.165) is 59.5 Å². The number of piperidine rings is 1. The summed E-state index contributed by atoms with van der Waals surface area (Å²) in [5.41, 5.74) is 9.69. The number of pyridine rings is 1. The molecule has 3 fully saturated rings. The second-order valence-electron chi connectivity index (χ2n) is 21.3. The number of rotatable bonds is 11. The molecule has 342 valence electrons. The van der Waals surface area contributed by atoms with Crippen molar-refractivity contribution in [3.05, 3.63) is 101 Å². The number of aromatic nitrogens is 1. The molecule has 0 radical (unpaired) electrons. The zero-order valence-electron chi connectivity index (χ0n) is 39.1. The largest absolute Gasteiger partial charge is 0.326 e. The average molecular weight is 906 g/mol. The van der Waals surface area contributed by atoms with Crippen molar-refractivity contribution < 1.29 is 24.0 Å². The van der Waals surface area contributed by atoms with Gasteiger partial charge in [-0.15, -0.1) is 0 Å². The molecule has 3 N–H and O–H groups in total. The third kappa shape index (κ3) is 10.0. The number of hydrogen-bond donors (Lipinski definition) is 3. The van der Waals surface area contributed by atoms with Crippen LogP contribution in [0.1, 0.15) is 141 Å². The molecule has 0 bridgehead atoms. The van der Waals surface area contributed by atoms with Crippen molar-refractivity contribution in [2.45, 2.75) is 141 Å².